The molecule has 1 aromatic carbocycles. The van der Waals surface area contributed by atoms with Crippen LogP contribution in [0.2, 0.25) is 38.3 Å². The number of quaternary nitrogens is 1. The van der Waals surface area contributed by atoms with Crippen LogP contribution in [0.25, 0.3) is 5.57 Å². The third-order valence-corrected chi connectivity index (χ3v) is 17.1. The van der Waals surface area contributed by atoms with Crippen LogP contribution in [0.15, 0.2) is 35.9 Å². The van der Waals surface area contributed by atoms with Crippen LogP contribution in [0.4, 0.5) is 0 Å². The highest BCUT2D eigenvalue weighted by molar-refractivity contribution is 6.88. The van der Waals surface area contributed by atoms with Gasteiger partial charge in [-0.25, -0.2) is 0 Å². The number of hydrogen-bond donors (Lipinski definition) is 0. The Kier molecular flexibility index (Phi) is 6.51. The smallest absolute Gasteiger partial charge is 0.190 e. The lowest BCUT2D eigenvalue weighted by Gasteiger charge is -2.53. The van der Waals surface area contributed by atoms with Gasteiger partial charge >= 0.3 is 0 Å². The normalized spacial score (nSPS) is 28.5. The summed E-state index contributed by atoms with van der Waals surface area (Å²) in [4.78, 5) is 0. The quantitative estimate of drug-likeness (QED) is 0.218. The van der Waals surface area contributed by atoms with Crippen LogP contribution in [0.1, 0.15) is 69.9 Å². The highest BCUT2D eigenvalue weighted by Gasteiger charge is 2.55. The predicted octanol–water partition coefficient (Wildman–Crippen LogP) is 7.70. The standard InChI is InChI=1S/C32H53N2Si2/c1-32(2)29-21-25(35(6,7)8)17-18-26(29)28-20-23-16-19-31(27(23)22-30(28)32)36(9,10)33(34(3,4)5)24-14-12-11-13-15-24/h17-18,20-24,27,31H,11-16,19H2,1-10H3/q+1. The van der Waals surface area contributed by atoms with E-state index < -0.39 is 16.3 Å². The van der Waals surface area contributed by atoms with Gasteiger partial charge in [0.1, 0.15) is 0 Å². The van der Waals surface area contributed by atoms with Crippen LogP contribution < -0.4 is 5.19 Å². The molecule has 36 heavy (non-hydrogen) atoms. The Bertz CT molecular complexity index is 1080. The molecule has 0 aliphatic heterocycles. The number of benzene rings is 1. The minimum absolute atomic E-state index is 0.115. The second-order valence-electron chi connectivity index (χ2n) is 15.5. The number of hydrogen-bond acceptors (Lipinski definition) is 1. The van der Waals surface area contributed by atoms with Crippen molar-refractivity contribution in [3.63, 3.8) is 0 Å². The lowest BCUT2D eigenvalue weighted by molar-refractivity contribution is -0.975. The summed E-state index contributed by atoms with van der Waals surface area (Å²) in [7, 11) is 4.30. The summed E-state index contributed by atoms with van der Waals surface area (Å²) in [5, 5.41) is 1.60. The van der Waals surface area contributed by atoms with Crippen molar-refractivity contribution in [2.24, 2.45) is 11.8 Å². The lowest BCUT2D eigenvalue weighted by Crippen LogP contribution is -2.69. The highest BCUT2D eigenvalue weighted by atomic mass is 28.3. The third kappa shape index (κ3) is 4.28. The number of fused-ring (bicyclic) bond motifs is 4. The first-order chi connectivity index (χ1) is 16.6. The third-order valence-electron chi connectivity index (χ3n) is 10.4. The molecule has 2 saturated carbocycles. The lowest BCUT2D eigenvalue weighted by atomic mass is 9.76. The van der Waals surface area contributed by atoms with E-state index in [1.807, 2.05) is 0 Å². The molecule has 4 aliphatic carbocycles. The van der Waals surface area contributed by atoms with Gasteiger partial charge < -0.3 is 0 Å². The molecular formula is C32H53N2Si2+. The van der Waals surface area contributed by atoms with Crippen molar-refractivity contribution in [2.75, 3.05) is 21.1 Å². The molecule has 198 valence electrons. The van der Waals surface area contributed by atoms with Crippen molar-refractivity contribution < 1.29 is 4.59 Å². The van der Waals surface area contributed by atoms with Gasteiger partial charge in [0, 0.05) is 11.5 Å². The summed E-state index contributed by atoms with van der Waals surface area (Å²) in [6.07, 6.45) is 15.4. The zero-order valence-electron chi connectivity index (χ0n) is 25.0. The Morgan fingerprint density at radius 3 is 2.14 bits per heavy atom. The number of allylic oxidation sites excluding steroid dienone is 4. The average molecular weight is 522 g/mol. The molecule has 1 aromatic rings. The molecule has 0 aromatic heterocycles. The van der Waals surface area contributed by atoms with E-state index in [-0.39, 0.29) is 5.41 Å². The van der Waals surface area contributed by atoms with E-state index >= 15 is 0 Å². The monoisotopic (exact) mass is 521 g/mol. The molecule has 0 heterocycles. The van der Waals surface area contributed by atoms with Gasteiger partial charge in [0.05, 0.1) is 29.2 Å². The van der Waals surface area contributed by atoms with Gasteiger partial charge in [-0.15, -0.1) is 0 Å². The molecule has 3 atom stereocenters. The molecule has 3 unspecified atom stereocenters. The van der Waals surface area contributed by atoms with Gasteiger partial charge in [-0.2, -0.15) is 4.67 Å². The van der Waals surface area contributed by atoms with Gasteiger partial charge in [0.25, 0.3) is 0 Å². The Morgan fingerprint density at radius 2 is 1.53 bits per heavy atom. The molecule has 4 aliphatic rings. The van der Waals surface area contributed by atoms with E-state index in [1.54, 1.807) is 21.9 Å². The fraction of sp³-hybridized carbons (Fsp3) is 0.688. The fourth-order valence-corrected chi connectivity index (χ4v) is 15.2. The van der Waals surface area contributed by atoms with Crippen molar-refractivity contribution in [2.45, 2.75) is 109 Å². The molecule has 5 rings (SSSR count). The van der Waals surface area contributed by atoms with E-state index in [2.05, 4.69) is 103 Å². The summed E-state index contributed by atoms with van der Waals surface area (Å²) >= 11 is 0. The van der Waals surface area contributed by atoms with Gasteiger partial charge in [-0.3, -0.25) is 4.59 Å². The van der Waals surface area contributed by atoms with Gasteiger partial charge in [0.2, 0.25) is 0 Å². The van der Waals surface area contributed by atoms with Crippen molar-refractivity contribution >= 4 is 27.1 Å². The molecule has 4 heteroatoms. The van der Waals surface area contributed by atoms with Crippen molar-refractivity contribution in [1.29, 1.82) is 0 Å². The molecular weight excluding hydrogens is 469 g/mol. The summed E-state index contributed by atoms with van der Waals surface area (Å²) in [6.45, 7) is 17.9. The summed E-state index contributed by atoms with van der Waals surface area (Å²) < 4.78 is 4.07. The number of rotatable bonds is 5. The van der Waals surface area contributed by atoms with E-state index in [0.717, 1.165) is 22.1 Å². The molecule has 0 N–H and O–H groups in total. The van der Waals surface area contributed by atoms with Crippen molar-refractivity contribution in [3.8, 4) is 0 Å². The first-order valence-electron chi connectivity index (χ1n) is 14.8. The minimum atomic E-state index is -1.70. The van der Waals surface area contributed by atoms with Crippen LogP contribution >= 0.6 is 0 Å². The van der Waals surface area contributed by atoms with Crippen LogP contribution in [0.5, 0.6) is 0 Å². The van der Waals surface area contributed by atoms with Crippen LogP contribution in [0, 0.1) is 11.8 Å². The minimum Gasteiger partial charge on any atom is -0.258 e. The molecule has 0 bridgehead atoms. The van der Waals surface area contributed by atoms with Crippen LogP contribution in [-0.4, -0.2) is 52.8 Å². The van der Waals surface area contributed by atoms with Gasteiger partial charge in [-0.05, 0) is 58.9 Å². The summed E-state index contributed by atoms with van der Waals surface area (Å²) in [5.74, 6) is 1.44. The molecule has 0 saturated heterocycles. The molecule has 0 amide bonds. The van der Waals surface area contributed by atoms with Crippen LogP contribution in [0.3, 0.4) is 0 Å². The van der Waals surface area contributed by atoms with Gasteiger partial charge in [0.15, 0.2) is 8.24 Å². The van der Waals surface area contributed by atoms with E-state index in [0.29, 0.717) is 5.92 Å². The Balaban J connectivity index is 1.52. The summed E-state index contributed by atoms with van der Waals surface area (Å²) in [6, 6.07) is 8.29. The molecule has 2 fully saturated rings. The van der Waals surface area contributed by atoms with E-state index in [9.17, 15) is 0 Å². The fourth-order valence-electron chi connectivity index (χ4n) is 8.82. The maximum Gasteiger partial charge on any atom is 0.190 e. The largest absolute Gasteiger partial charge is 0.258 e. The van der Waals surface area contributed by atoms with Gasteiger partial charge in [-0.1, -0.05) is 108 Å². The topological polar surface area (TPSA) is 3.24 Å². The summed E-state index contributed by atoms with van der Waals surface area (Å²) in [5.41, 5.74) is 7.28. The maximum absolute atomic E-state index is 3.06. The molecule has 0 spiro atoms. The molecule has 2 nitrogen and oxygen atoms in total. The predicted molar refractivity (Wildman–Crippen MR) is 163 cm³/mol. The Morgan fingerprint density at radius 1 is 0.861 bits per heavy atom. The van der Waals surface area contributed by atoms with Crippen molar-refractivity contribution in [3.05, 3.63) is 47.1 Å². The van der Waals surface area contributed by atoms with Crippen LogP contribution in [-0.2, 0) is 5.41 Å². The Labute approximate surface area is 224 Å². The zero-order valence-corrected chi connectivity index (χ0v) is 27.0. The highest BCUT2D eigenvalue weighted by Crippen LogP contribution is 2.59. The second-order valence-corrected chi connectivity index (χ2v) is 25.0. The second kappa shape index (κ2) is 8.79. The first-order valence-corrected chi connectivity index (χ1v) is 21.4. The molecule has 0 radical (unpaired) electrons. The number of nitrogens with zero attached hydrogens (tertiary/aromatic N) is 2. The SMILES string of the molecule is CC1(C)C2=CC3C(C=C2c2ccc([Si](C)(C)C)cc21)CCC3[Si](C)(C)N(C1CCCCC1)[N+](C)(C)C. The van der Waals surface area contributed by atoms with E-state index in [1.165, 1.54) is 50.5 Å². The Hall–Kier alpha value is -0.946. The maximum atomic E-state index is 3.06. The first kappa shape index (κ1) is 26.7. The van der Waals surface area contributed by atoms with E-state index in [4.69, 9.17) is 0 Å². The van der Waals surface area contributed by atoms with Crippen molar-refractivity contribution in [1.82, 2.24) is 4.67 Å². The average Bonchev–Trinajstić information content (AvgIpc) is 3.29. The zero-order chi connectivity index (χ0) is 26.3.